The first kappa shape index (κ1) is 15.4. The SMILES string of the molecule is CCN(CCCNCC1(CC#N)CC1)S(C)(=O)=O. The van der Waals surface area contributed by atoms with Crippen molar-refractivity contribution in [3.05, 3.63) is 0 Å². The zero-order valence-corrected chi connectivity index (χ0v) is 12.1. The van der Waals surface area contributed by atoms with E-state index < -0.39 is 10.0 Å². The molecule has 1 fully saturated rings. The summed E-state index contributed by atoms with van der Waals surface area (Å²) in [5, 5.41) is 12.0. The van der Waals surface area contributed by atoms with Crippen LogP contribution in [0.25, 0.3) is 0 Å². The summed E-state index contributed by atoms with van der Waals surface area (Å²) in [6.07, 6.45) is 4.96. The van der Waals surface area contributed by atoms with Crippen molar-refractivity contribution in [3.63, 3.8) is 0 Å². The Morgan fingerprint density at radius 3 is 2.56 bits per heavy atom. The van der Waals surface area contributed by atoms with E-state index in [2.05, 4.69) is 11.4 Å². The molecule has 0 atom stereocenters. The van der Waals surface area contributed by atoms with Crippen LogP contribution in [0.15, 0.2) is 0 Å². The van der Waals surface area contributed by atoms with E-state index in [-0.39, 0.29) is 5.41 Å². The van der Waals surface area contributed by atoms with E-state index >= 15 is 0 Å². The van der Waals surface area contributed by atoms with E-state index in [0.29, 0.717) is 19.5 Å². The molecule has 0 aromatic heterocycles. The predicted octanol–water partition coefficient (Wildman–Crippen LogP) is 0.941. The summed E-state index contributed by atoms with van der Waals surface area (Å²) >= 11 is 0. The van der Waals surface area contributed by atoms with Crippen molar-refractivity contribution < 1.29 is 8.42 Å². The van der Waals surface area contributed by atoms with Crippen molar-refractivity contribution in [2.24, 2.45) is 5.41 Å². The predicted molar refractivity (Wildman–Crippen MR) is 71.5 cm³/mol. The maximum Gasteiger partial charge on any atom is 0.211 e. The molecule has 0 amide bonds. The van der Waals surface area contributed by atoms with Crippen LogP contribution in [0, 0.1) is 16.7 Å². The van der Waals surface area contributed by atoms with Crippen LogP contribution in [-0.2, 0) is 10.0 Å². The molecule has 1 aliphatic carbocycles. The van der Waals surface area contributed by atoms with Crippen LogP contribution < -0.4 is 5.32 Å². The maximum absolute atomic E-state index is 11.4. The molecule has 18 heavy (non-hydrogen) atoms. The van der Waals surface area contributed by atoms with Crippen LogP contribution in [0.3, 0.4) is 0 Å². The van der Waals surface area contributed by atoms with Gasteiger partial charge in [0.05, 0.1) is 12.3 Å². The third-order valence-corrected chi connectivity index (χ3v) is 4.87. The van der Waals surface area contributed by atoms with Gasteiger partial charge in [-0.25, -0.2) is 12.7 Å². The number of rotatable bonds is 9. The third kappa shape index (κ3) is 4.92. The molecule has 0 aliphatic heterocycles. The number of sulfonamides is 1. The highest BCUT2D eigenvalue weighted by atomic mass is 32.2. The molecule has 0 spiro atoms. The quantitative estimate of drug-likeness (QED) is 0.635. The average molecular weight is 273 g/mol. The Kier molecular flexibility index (Phi) is 5.57. The van der Waals surface area contributed by atoms with Gasteiger partial charge < -0.3 is 5.32 Å². The van der Waals surface area contributed by atoms with Gasteiger partial charge in [-0.05, 0) is 31.2 Å². The Balaban J connectivity index is 2.14. The van der Waals surface area contributed by atoms with Crippen LogP contribution in [0.1, 0.15) is 32.6 Å². The van der Waals surface area contributed by atoms with Gasteiger partial charge in [-0.3, -0.25) is 0 Å². The zero-order valence-electron chi connectivity index (χ0n) is 11.3. The second-order valence-electron chi connectivity index (χ2n) is 5.12. The molecule has 0 saturated heterocycles. The molecule has 6 heteroatoms. The van der Waals surface area contributed by atoms with Crippen LogP contribution in [0.4, 0.5) is 0 Å². The molecule has 0 radical (unpaired) electrons. The van der Waals surface area contributed by atoms with E-state index in [4.69, 9.17) is 5.26 Å². The summed E-state index contributed by atoms with van der Waals surface area (Å²) in [7, 11) is -3.06. The summed E-state index contributed by atoms with van der Waals surface area (Å²) in [5.74, 6) is 0. The van der Waals surface area contributed by atoms with Crippen molar-refractivity contribution in [2.75, 3.05) is 32.4 Å². The zero-order chi connectivity index (χ0) is 13.6. The molecule has 0 aromatic carbocycles. The Morgan fingerprint density at radius 2 is 2.11 bits per heavy atom. The molecule has 5 nitrogen and oxygen atoms in total. The Hall–Kier alpha value is -0.640. The van der Waals surface area contributed by atoms with Crippen LogP contribution >= 0.6 is 0 Å². The first-order chi connectivity index (χ1) is 8.43. The summed E-state index contributed by atoms with van der Waals surface area (Å²) < 4.78 is 24.2. The molecule has 0 heterocycles. The van der Waals surface area contributed by atoms with Gasteiger partial charge >= 0.3 is 0 Å². The van der Waals surface area contributed by atoms with Gasteiger partial charge in [0.1, 0.15) is 0 Å². The van der Waals surface area contributed by atoms with E-state index in [1.807, 2.05) is 6.92 Å². The highest BCUT2D eigenvalue weighted by Gasteiger charge is 2.41. The molecule has 0 unspecified atom stereocenters. The fourth-order valence-electron chi connectivity index (χ4n) is 2.05. The lowest BCUT2D eigenvalue weighted by Gasteiger charge is -2.18. The number of nitrogens with zero attached hydrogens (tertiary/aromatic N) is 2. The Morgan fingerprint density at radius 1 is 1.44 bits per heavy atom. The second kappa shape index (κ2) is 6.50. The largest absolute Gasteiger partial charge is 0.316 e. The van der Waals surface area contributed by atoms with Gasteiger partial charge in [-0.2, -0.15) is 5.26 Å². The van der Waals surface area contributed by atoms with Crippen molar-refractivity contribution >= 4 is 10.0 Å². The Labute approximate surface area is 110 Å². The normalized spacial score (nSPS) is 17.7. The van der Waals surface area contributed by atoms with E-state index in [9.17, 15) is 8.42 Å². The second-order valence-corrected chi connectivity index (χ2v) is 7.10. The molecule has 1 aliphatic rings. The minimum Gasteiger partial charge on any atom is -0.316 e. The van der Waals surface area contributed by atoms with Gasteiger partial charge in [0.25, 0.3) is 0 Å². The number of hydrogen-bond acceptors (Lipinski definition) is 4. The standard InChI is InChI=1S/C12H23N3O2S/c1-3-15(18(2,16)17)10-4-9-14-11-12(5-6-12)7-8-13/h14H,3-7,9-11H2,1-2H3. The van der Waals surface area contributed by atoms with Gasteiger partial charge in [0.15, 0.2) is 0 Å². The molecule has 1 N–H and O–H groups in total. The Bertz CT molecular complexity index is 396. The van der Waals surface area contributed by atoms with Crippen molar-refractivity contribution in [3.8, 4) is 6.07 Å². The minimum atomic E-state index is -3.06. The third-order valence-electron chi connectivity index (χ3n) is 3.49. The molecule has 1 saturated carbocycles. The fraction of sp³-hybridized carbons (Fsp3) is 0.917. The fourth-order valence-corrected chi connectivity index (χ4v) is 2.98. The van der Waals surface area contributed by atoms with Gasteiger partial charge in [-0.1, -0.05) is 6.92 Å². The lowest BCUT2D eigenvalue weighted by Crippen LogP contribution is -2.33. The molecular weight excluding hydrogens is 250 g/mol. The van der Waals surface area contributed by atoms with Crippen LogP contribution in [0.2, 0.25) is 0 Å². The summed E-state index contributed by atoms with van der Waals surface area (Å²) in [4.78, 5) is 0. The van der Waals surface area contributed by atoms with Crippen molar-refractivity contribution in [1.82, 2.24) is 9.62 Å². The van der Waals surface area contributed by atoms with E-state index in [1.54, 1.807) is 0 Å². The van der Waals surface area contributed by atoms with E-state index in [1.165, 1.54) is 10.6 Å². The summed E-state index contributed by atoms with van der Waals surface area (Å²) in [6, 6.07) is 2.23. The topological polar surface area (TPSA) is 73.2 Å². The van der Waals surface area contributed by atoms with Crippen molar-refractivity contribution in [1.29, 1.82) is 5.26 Å². The summed E-state index contributed by atoms with van der Waals surface area (Å²) in [6.45, 7) is 4.62. The van der Waals surface area contributed by atoms with Gasteiger partial charge in [0.2, 0.25) is 10.0 Å². The monoisotopic (exact) mass is 273 g/mol. The van der Waals surface area contributed by atoms with Crippen molar-refractivity contribution in [2.45, 2.75) is 32.6 Å². The summed E-state index contributed by atoms with van der Waals surface area (Å²) in [5.41, 5.74) is 0.218. The molecule has 1 rings (SSSR count). The van der Waals surface area contributed by atoms with Gasteiger partial charge in [0, 0.05) is 26.1 Å². The van der Waals surface area contributed by atoms with Gasteiger partial charge in [-0.15, -0.1) is 0 Å². The first-order valence-corrected chi connectivity index (χ1v) is 8.31. The van der Waals surface area contributed by atoms with Crippen LogP contribution in [-0.4, -0.2) is 45.2 Å². The molecule has 104 valence electrons. The highest BCUT2D eigenvalue weighted by Crippen LogP contribution is 2.47. The van der Waals surface area contributed by atoms with Crippen LogP contribution in [0.5, 0.6) is 0 Å². The maximum atomic E-state index is 11.4. The molecular formula is C12H23N3O2S. The average Bonchev–Trinajstić information content (AvgIpc) is 3.02. The number of hydrogen-bond donors (Lipinski definition) is 1. The first-order valence-electron chi connectivity index (χ1n) is 6.46. The number of nitrogens with one attached hydrogen (secondary N) is 1. The smallest absolute Gasteiger partial charge is 0.211 e. The lowest BCUT2D eigenvalue weighted by atomic mass is 10.0. The molecule has 0 aromatic rings. The highest BCUT2D eigenvalue weighted by molar-refractivity contribution is 7.88. The molecule has 0 bridgehead atoms. The lowest BCUT2D eigenvalue weighted by molar-refractivity contribution is 0.406. The minimum absolute atomic E-state index is 0.218. The van der Waals surface area contributed by atoms with E-state index in [0.717, 1.165) is 32.4 Å². The number of nitriles is 1.